The number of carboxylic acid groups (broad SMARTS) is 1. The third kappa shape index (κ3) is 4.06. The number of carbonyl (C=O) groups excluding carboxylic acids is 1. The Kier molecular flexibility index (Phi) is 5.12. The van der Waals surface area contributed by atoms with Crippen molar-refractivity contribution in [2.75, 3.05) is 13.1 Å². The summed E-state index contributed by atoms with van der Waals surface area (Å²) in [7, 11) is 0. The van der Waals surface area contributed by atoms with E-state index >= 15 is 0 Å². The standard InChI is InChI=1S/C15H20N2O3/c18-14(12-7-4-8-16-10-12)17-13(15(19)20)9-11-5-2-1-3-6-11/h1-3,5-6,12-13,16H,4,7-10H2,(H,17,18)(H,19,20)/t12-,13+/m1/s1. The molecule has 2 rings (SSSR count). The van der Waals surface area contributed by atoms with Crippen molar-refractivity contribution in [2.45, 2.75) is 25.3 Å². The van der Waals surface area contributed by atoms with Crippen LogP contribution in [-0.4, -0.2) is 36.1 Å². The number of rotatable bonds is 5. The second-order valence-corrected chi connectivity index (χ2v) is 5.13. The zero-order chi connectivity index (χ0) is 14.4. The van der Waals surface area contributed by atoms with Crippen LogP contribution in [0.25, 0.3) is 0 Å². The van der Waals surface area contributed by atoms with E-state index in [0.717, 1.165) is 24.9 Å². The Morgan fingerprint density at radius 3 is 2.70 bits per heavy atom. The molecule has 1 heterocycles. The molecule has 0 unspecified atom stereocenters. The highest BCUT2D eigenvalue weighted by atomic mass is 16.4. The maximum Gasteiger partial charge on any atom is 0.326 e. The predicted molar refractivity (Wildman–Crippen MR) is 75.3 cm³/mol. The average Bonchev–Trinajstić information content (AvgIpc) is 2.48. The van der Waals surface area contributed by atoms with Gasteiger partial charge in [-0.05, 0) is 24.9 Å². The summed E-state index contributed by atoms with van der Waals surface area (Å²) in [5.74, 6) is -1.28. The highest BCUT2D eigenvalue weighted by Crippen LogP contribution is 2.11. The van der Waals surface area contributed by atoms with E-state index in [1.54, 1.807) is 0 Å². The first-order chi connectivity index (χ1) is 9.66. The zero-order valence-corrected chi connectivity index (χ0v) is 11.3. The molecule has 2 atom stereocenters. The van der Waals surface area contributed by atoms with E-state index in [1.165, 1.54) is 0 Å². The molecule has 0 spiro atoms. The summed E-state index contributed by atoms with van der Waals surface area (Å²) < 4.78 is 0. The monoisotopic (exact) mass is 276 g/mol. The van der Waals surface area contributed by atoms with Crippen molar-refractivity contribution >= 4 is 11.9 Å². The summed E-state index contributed by atoms with van der Waals surface area (Å²) in [6.45, 7) is 1.56. The van der Waals surface area contributed by atoms with Gasteiger partial charge in [0.1, 0.15) is 6.04 Å². The minimum Gasteiger partial charge on any atom is -0.480 e. The summed E-state index contributed by atoms with van der Waals surface area (Å²) in [4.78, 5) is 23.4. The molecule has 108 valence electrons. The second kappa shape index (κ2) is 7.05. The van der Waals surface area contributed by atoms with Gasteiger partial charge in [0.05, 0.1) is 5.92 Å². The smallest absolute Gasteiger partial charge is 0.326 e. The number of amides is 1. The molecule has 3 N–H and O–H groups in total. The summed E-state index contributed by atoms with van der Waals surface area (Å²) in [6, 6.07) is 8.47. The fourth-order valence-corrected chi connectivity index (χ4v) is 2.42. The maximum atomic E-state index is 12.1. The topological polar surface area (TPSA) is 78.4 Å². The Labute approximate surface area is 118 Å². The molecule has 20 heavy (non-hydrogen) atoms. The first-order valence-electron chi connectivity index (χ1n) is 6.94. The lowest BCUT2D eigenvalue weighted by atomic mass is 9.97. The van der Waals surface area contributed by atoms with E-state index in [0.29, 0.717) is 13.0 Å². The van der Waals surface area contributed by atoms with E-state index in [2.05, 4.69) is 10.6 Å². The second-order valence-electron chi connectivity index (χ2n) is 5.13. The average molecular weight is 276 g/mol. The van der Waals surface area contributed by atoms with E-state index in [1.807, 2.05) is 30.3 Å². The van der Waals surface area contributed by atoms with Gasteiger partial charge in [0.25, 0.3) is 0 Å². The van der Waals surface area contributed by atoms with Gasteiger partial charge in [-0.25, -0.2) is 4.79 Å². The molecule has 1 aliphatic heterocycles. The van der Waals surface area contributed by atoms with Crippen LogP contribution in [0.15, 0.2) is 30.3 Å². The SMILES string of the molecule is O=C(N[C@@H](Cc1ccccc1)C(=O)O)[C@@H]1CCCNC1. The van der Waals surface area contributed by atoms with Crippen LogP contribution in [0.4, 0.5) is 0 Å². The molecule has 0 radical (unpaired) electrons. The zero-order valence-electron chi connectivity index (χ0n) is 11.3. The number of benzene rings is 1. The van der Waals surface area contributed by atoms with E-state index in [-0.39, 0.29) is 11.8 Å². The number of hydrogen-bond acceptors (Lipinski definition) is 3. The Morgan fingerprint density at radius 1 is 1.35 bits per heavy atom. The van der Waals surface area contributed by atoms with Crippen LogP contribution < -0.4 is 10.6 Å². The number of hydrogen-bond donors (Lipinski definition) is 3. The Balaban J connectivity index is 1.95. The van der Waals surface area contributed by atoms with E-state index in [4.69, 9.17) is 0 Å². The summed E-state index contributed by atoms with van der Waals surface area (Å²) in [5, 5.41) is 15.1. The van der Waals surface area contributed by atoms with Crippen molar-refractivity contribution in [3.8, 4) is 0 Å². The molecule has 1 aliphatic rings. The third-order valence-electron chi connectivity index (χ3n) is 3.56. The van der Waals surface area contributed by atoms with Gasteiger partial charge in [0.15, 0.2) is 0 Å². The number of aliphatic carboxylic acids is 1. The van der Waals surface area contributed by atoms with Gasteiger partial charge >= 0.3 is 5.97 Å². The molecule has 1 saturated heterocycles. The van der Waals surface area contributed by atoms with E-state index < -0.39 is 12.0 Å². The number of carboxylic acids is 1. The maximum absolute atomic E-state index is 12.1. The molecule has 1 aromatic carbocycles. The van der Waals surface area contributed by atoms with Gasteiger partial charge in [-0.2, -0.15) is 0 Å². The summed E-state index contributed by atoms with van der Waals surface area (Å²) in [6.07, 6.45) is 2.08. The lowest BCUT2D eigenvalue weighted by molar-refractivity contribution is -0.142. The number of nitrogens with one attached hydrogen (secondary N) is 2. The van der Waals surface area contributed by atoms with Gasteiger partial charge in [0.2, 0.25) is 5.91 Å². The van der Waals surface area contributed by atoms with Crippen LogP contribution >= 0.6 is 0 Å². The lowest BCUT2D eigenvalue weighted by Gasteiger charge is -2.24. The van der Waals surface area contributed by atoms with Gasteiger partial charge < -0.3 is 15.7 Å². The largest absolute Gasteiger partial charge is 0.480 e. The molecule has 0 saturated carbocycles. The molecular weight excluding hydrogens is 256 g/mol. The Hall–Kier alpha value is -1.88. The molecule has 1 fully saturated rings. The molecule has 1 aromatic rings. The Bertz CT molecular complexity index is 455. The minimum atomic E-state index is -0.994. The van der Waals surface area contributed by atoms with Crippen LogP contribution in [0.1, 0.15) is 18.4 Å². The van der Waals surface area contributed by atoms with Crippen molar-refractivity contribution in [1.82, 2.24) is 10.6 Å². The fourth-order valence-electron chi connectivity index (χ4n) is 2.42. The van der Waals surface area contributed by atoms with Gasteiger partial charge in [-0.15, -0.1) is 0 Å². The molecule has 0 aromatic heterocycles. The highest BCUT2D eigenvalue weighted by Gasteiger charge is 2.26. The predicted octanol–water partition coefficient (Wildman–Crippen LogP) is 0.798. The summed E-state index contributed by atoms with van der Waals surface area (Å²) >= 11 is 0. The lowest BCUT2D eigenvalue weighted by Crippen LogP contribution is -2.48. The van der Waals surface area contributed by atoms with Crippen LogP contribution in [0.2, 0.25) is 0 Å². The molecule has 0 bridgehead atoms. The van der Waals surface area contributed by atoms with Crippen molar-refractivity contribution in [3.63, 3.8) is 0 Å². The van der Waals surface area contributed by atoms with E-state index in [9.17, 15) is 14.7 Å². The van der Waals surface area contributed by atoms with Crippen LogP contribution in [-0.2, 0) is 16.0 Å². The van der Waals surface area contributed by atoms with Gasteiger partial charge in [-0.3, -0.25) is 4.79 Å². The van der Waals surface area contributed by atoms with Crippen LogP contribution in [0.3, 0.4) is 0 Å². The first-order valence-corrected chi connectivity index (χ1v) is 6.94. The van der Waals surface area contributed by atoms with Crippen molar-refractivity contribution in [1.29, 1.82) is 0 Å². The normalized spacial score (nSPS) is 20.1. The fraction of sp³-hybridized carbons (Fsp3) is 0.467. The molecule has 5 nitrogen and oxygen atoms in total. The minimum absolute atomic E-state index is 0.124. The van der Waals surface area contributed by atoms with Gasteiger partial charge in [-0.1, -0.05) is 30.3 Å². The molecule has 1 amide bonds. The van der Waals surface area contributed by atoms with Crippen molar-refractivity contribution < 1.29 is 14.7 Å². The molecular formula is C15H20N2O3. The van der Waals surface area contributed by atoms with Gasteiger partial charge in [0, 0.05) is 13.0 Å². The van der Waals surface area contributed by atoms with Crippen molar-refractivity contribution in [3.05, 3.63) is 35.9 Å². The highest BCUT2D eigenvalue weighted by molar-refractivity contribution is 5.85. The first kappa shape index (κ1) is 14.5. The van der Waals surface area contributed by atoms with Crippen molar-refractivity contribution in [2.24, 2.45) is 5.92 Å². The number of piperidine rings is 1. The number of carbonyl (C=O) groups is 2. The summed E-state index contributed by atoms with van der Waals surface area (Å²) in [5.41, 5.74) is 0.905. The molecule has 5 heteroatoms. The Morgan fingerprint density at radius 2 is 2.10 bits per heavy atom. The molecule has 0 aliphatic carbocycles. The van der Waals surface area contributed by atoms with Crippen LogP contribution in [0.5, 0.6) is 0 Å². The third-order valence-corrected chi connectivity index (χ3v) is 3.56. The quantitative estimate of drug-likeness (QED) is 0.743. The van der Waals surface area contributed by atoms with Crippen LogP contribution in [0, 0.1) is 5.92 Å².